The topological polar surface area (TPSA) is 89.2 Å². The highest BCUT2D eigenvalue weighted by Gasteiger charge is 2.29. The summed E-state index contributed by atoms with van der Waals surface area (Å²) in [5, 5.41) is 15.8. The highest BCUT2D eigenvalue weighted by molar-refractivity contribution is 7.89. The summed E-state index contributed by atoms with van der Waals surface area (Å²) in [6.07, 6.45) is -5.95. The second kappa shape index (κ2) is 6.69. The van der Waals surface area contributed by atoms with E-state index in [2.05, 4.69) is 20.0 Å². The van der Waals surface area contributed by atoms with E-state index in [4.69, 9.17) is 0 Å². The number of hydrogen-bond acceptors (Lipinski definition) is 6. The standard InChI is InChI=1S/C13H12F3N5O2S2/c14-13(15,16)4-6-25(22,23)17-7-12-19-18-11-2-1-10(20-21(11)12)9-3-5-24-8-9/h1-3,5,8,17H,4,6-7H2. The molecule has 0 saturated heterocycles. The molecule has 0 aliphatic rings. The number of alkyl halides is 3. The lowest BCUT2D eigenvalue weighted by Gasteiger charge is -2.08. The van der Waals surface area contributed by atoms with Crippen LogP contribution in [0.1, 0.15) is 12.2 Å². The molecule has 0 bridgehead atoms. The number of halogens is 3. The number of fused-ring (bicyclic) bond motifs is 1. The Labute approximate surface area is 144 Å². The van der Waals surface area contributed by atoms with Gasteiger partial charge < -0.3 is 0 Å². The third kappa shape index (κ3) is 4.52. The van der Waals surface area contributed by atoms with Gasteiger partial charge in [-0.25, -0.2) is 13.1 Å². The fourth-order valence-corrected chi connectivity index (χ4v) is 3.65. The van der Waals surface area contributed by atoms with Crippen molar-refractivity contribution in [3.8, 4) is 11.3 Å². The van der Waals surface area contributed by atoms with E-state index in [1.807, 2.05) is 16.8 Å². The first-order chi connectivity index (χ1) is 11.7. The fraction of sp³-hybridized carbons (Fsp3) is 0.308. The number of thiophene rings is 1. The Morgan fingerprint density at radius 2 is 2.00 bits per heavy atom. The average Bonchev–Trinajstić information content (AvgIpc) is 3.20. The van der Waals surface area contributed by atoms with Crippen LogP contribution in [0, 0.1) is 0 Å². The Morgan fingerprint density at radius 1 is 1.20 bits per heavy atom. The highest BCUT2D eigenvalue weighted by Crippen LogP contribution is 2.21. The van der Waals surface area contributed by atoms with Gasteiger partial charge in [-0.1, -0.05) is 0 Å². The summed E-state index contributed by atoms with van der Waals surface area (Å²) in [7, 11) is -4.09. The molecule has 0 spiro atoms. The SMILES string of the molecule is O=S(=O)(CCC(F)(F)F)NCc1nnc2ccc(-c3ccsc3)nn12. The number of nitrogens with one attached hydrogen (secondary N) is 1. The monoisotopic (exact) mass is 391 g/mol. The van der Waals surface area contributed by atoms with E-state index in [0.717, 1.165) is 5.56 Å². The van der Waals surface area contributed by atoms with E-state index in [1.54, 1.807) is 12.1 Å². The molecule has 0 fully saturated rings. The second-order valence-corrected chi connectivity index (χ2v) is 7.83. The summed E-state index contributed by atoms with van der Waals surface area (Å²) in [5.74, 6) is -0.858. The summed E-state index contributed by atoms with van der Waals surface area (Å²) < 4.78 is 63.3. The van der Waals surface area contributed by atoms with Crippen LogP contribution >= 0.6 is 11.3 Å². The van der Waals surface area contributed by atoms with E-state index < -0.39 is 28.4 Å². The van der Waals surface area contributed by atoms with Crippen molar-refractivity contribution in [1.29, 1.82) is 0 Å². The van der Waals surface area contributed by atoms with Crippen molar-refractivity contribution in [3.05, 3.63) is 34.8 Å². The first kappa shape index (κ1) is 17.8. The summed E-state index contributed by atoms with van der Waals surface area (Å²) in [4.78, 5) is 0. The largest absolute Gasteiger partial charge is 0.390 e. The zero-order valence-corrected chi connectivity index (χ0v) is 14.2. The lowest BCUT2D eigenvalue weighted by atomic mass is 10.2. The first-order valence-corrected chi connectivity index (χ1v) is 9.61. The van der Waals surface area contributed by atoms with E-state index in [9.17, 15) is 21.6 Å². The molecule has 0 aliphatic heterocycles. The van der Waals surface area contributed by atoms with E-state index in [1.165, 1.54) is 15.9 Å². The van der Waals surface area contributed by atoms with E-state index >= 15 is 0 Å². The van der Waals surface area contributed by atoms with Crippen LogP contribution in [0.2, 0.25) is 0 Å². The predicted molar refractivity (Wildman–Crippen MR) is 85.4 cm³/mol. The maximum atomic E-state index is 12.2. The molecule has 0 saturated carbocycles. The van der Waals surface area contributed by atoms with Crippen molar-refractivity contribution in [1.82, 2.24) is 24.5 Å². The summed E-state index contributed by atoms with van der Waals surface area (Å²) in [6.45, 7) is -0.304. The lowest BCUT2D eigenvalue weighted by molar-refractivity contribution is -0.129. The molecule has 3 heterocycles. The molecule has 0 aromatic carbocycles. The van der Waals surface area contributed by atoms with Gasteiger partial charge in [-0.15, -0.1) is 10.2 Å². The minimum atomic E-state index is -4.53. The molecule has 3 aromatic rings. The number of hydrogen-bond donors (Lipinski definition) is 1. The molecular weight excluding hydrogens is 379 g/mol. The molecule has 3 aromatic heterocycles. The van der Waals surface area contributed by atoms with Crippen LogP contribution in [0.25, 0.3) is 16.9 Å². The third-order valence-electron chi connectivity index (χ3n) is 3.25. The van der Waals surface area contributed by atoms with Gasteiger partial charge >= 0.3 is 6.18 Å². The van der Waals surface area contributed by atoms with Gasteiger partial charge in [0.15, 0.2) is 11.5 Å². The van der Waals surface area contributed by atoms with E-state index in [0.29, 0.717) is 11.3 Å². The van der Waals surface area contributed by atoms with Gasteiger partial charge in [-0.2, -0.15) is 34.1 Å². The highest BCUT2D eigenvalue weighted by atomic mass is 32.2. The normalized spacial score (nSPS) is 12.8. The first-order valence-electron chi connectivity index (χ1n) is 7.01. The molecule has 0 atom stereocenters. The van der Waals surface area contributed by atoms with Crippen molar-refractivity contribution < 1.29 is 21.6 Å². The minimum Gasteiger partial charge on any atom is -0.212 e. The zero-order valence-electron chi connectivity index (χ0n) is 12.6. The van der Waals surface area contributed by atoms with E-state index in [-0.39, 0.29) is 12.4 Å². The van der Waals surface area contributed by atoms with Crippen molar-refractivity contribution in [2.24, 2.45) is 0 Å². The van der Waals surface area contributed by atoms with Crippen LogP contribution in [0.3, 0.4) is 0 Å². The molecule has 0 radical (unpaired) electrons. The molecule has 1 N–H and O–H groups in total. The lowest BCUT2D eigenvalue weighted by Crippen LogP contribution is -2.29. The van der Waals surface area contributed by atoms with Gasteiger partial charge in [0, 0.05) is 10.9 Å². The summed E-state index contributed by atoms with van der Waals surface area (Å²) in [6, 6.07) is 5.31. The third-order valence-corrected chi connectivity index (χ3v) is 5.26. The Morgan fingerprint density at radius 3 is 2.68 bits per heavy atom. The molecule has 7 nitrogen and oxygen atoms in total. The molecule has 0 aliphatic carbocycles. The van der Waals surface area contributed by atoms with Crippen LogP contribution in [0.4, 0.5) is 13.2 Å². The van der Waals surface area contributed by atoms with Crippen LogP contribution in [0.15, 0.2) is 29.0 Å². The molecule has 0 unspecified atom stereocenters. The molecule has 134 valence electrons. The quantitative estimate of drug-likeness (QED) is 0.696. The van der Waals surface area contributed by atoms with Crippen LogP contribution in [-0.2, 0) is 16.6 Å². The smallest absolute Gasteiger partial charge is 0.212 e. The second-order valence-electron chi connectivity index (χ2n) is 5.12. The Balaban J connectivity index is 1.76. The summed E-state index contributed by atoms with van der Waals surface area (Å²) >= 11 is 1.50. The molecule has 0 amide bonds. The van der Waals surface area contributed by atoms with Crippen LogP contribution in [0.5, 0.6) is 0 Å². The Bertz CT molecular complexity index is 967. The number of sulfonamides is 1. The Hall–Kier alpha value is -2.05. The van der Waals surface area contributed by atoms with Crippen molar-refractivity contribution in [3.63, 3.8) is 0 Å². The maximum absolute atomic E-state index is 12.2. The van der Waals surface area contributed by atoms with Crippen LogP contribution < -0.4 is 4.72 Å². The summed E-state index contributed by atoms with van der Waals surface area (Å²) in [5.41, 5.74) is 1.94. The van der Waals surface area contributed by atoms with Crippen molar-refractivity contribution >= 4 is 27.0 Å². The molecule has 3 rings (SSSR count). The van der Waals surface area contributed by atoms with Crippen molar-refractivity contribution in [2.75, 3.05) is 5.75 Å². The van der Waals surface area contributed by atoms with Gasteiger partial charge in [0.25, 0.3) is 0 Å². The van der Waals surface area contributed by atoms with Gasteiger partial charge in [0.1, 0.15) is 0 Å². The molecular formula is C13H12F3N5O2S2. The predicted octanol–water partition coefficient (Wildman–Crippen LogP) is 2.22. The molecule has 25 heavy (non-hydrogen) atoms. The zero-order chi connectivity index (χ0) is 18.1. The van der Waals surface area contributed by atoms with Crippen LogP contribution in [-0.4, -0.2) is 40.2 Å². The number of nitrogens with zero attached hydrogens (tertiary/aromatic N) is 4. The number of aromatic nitrogens is 4. The Kier molecular flexibility index (Phi) is 4.75. The van der Waals surface area contributed by atoms with Gasteiger partial charge in [-0.3, -0.25) is 0 Å². The average molecular weight is 391 g/mol. The van der Waals surface area contributed by atoms with Gasteiger partial charge in [0.2, 0.25) is 10.0 Å². The molecule has 12 heteroatoms. The fourth-order valence-electron chi connectivity index (χ4n) is 2.00. The van der Waals surface area contributed by atoms with Crippen molar-refractivity contribution in [2.45, 2.75) is 19.1 Å². The van der Waals surface area contributed by atoms with Gasteiger partial charge in [-0.05, 0) is 23.6 Å². The minimum absolute atomic E-state index is 0.183. The number of rotatable bonds is 6. The maximum Gasteiger partial charge on any atom is 0.390 e. The van der Waals surface area contributed by atoms with Gasteiger partial charge in [0.05, 0.1) is 24.4 Å².